The van der Waals surface area contributed by atoms with Crippen LogP contribution in [0.3, 0.4) is 0 Å². The molecule has 0 bridgehead atoms. The van der Waals surface area contributed by atoms with Gasteiger partial charge in [-0.05, 0) is 25.7 Å². The first-order chi connectivity index (χ1) is 10.4. The molecular formula is C16H37N2O4S+. The van der Waals surface area contributed by atoms with Crippen LogP contribution >= 0.6 is 10.9 Å². The van der Waals surface area contributed by atoms with Crippen molar-refractivity contribution in [1.29, 1.82) is 0 Å². The summed E-state index contributed by atoms with van der Waals surface area (Å²) in [5.41, 5.74) is -0.298. The Balaban J connectivity index is 3.82. The highest BCUT2D eigenvalue weighted by atomic mass is 32.3. The molecule has 23 heavy (non-hydrogen) atoms. The topological polar surface area (TPSA) is 89.8 Å². The van der Waals surface area contributed by atoms with Gasteiger partial charge < -0.3 is 23.5 Å². The molecule has 0 aliphatic rings. The fraction of sp³-hybridized carbons (Fsp3) is 0.938. The van der Waals surface area contributed by atoms with Gasteiger partial charge in [0.25, 0.3) is 0 Å². The van der Waals surface area contributed by atoms with E-state index in [0.717, 1.165) is 43.3 Å². The smallest absolute Gasteiger partial charge is 0.225 e. The molecule has 0 fully saturated rings. The highest BCUT2D eigenvalue weighted by molar-refractivity contribution is 8.19. The molecule has 4 N–H and O–H groups in total. The second-order valence-electron chi connectivity index (χ2n) is 7.63. The van der Waals surface area contributed by atoms with Crippen molar-refractivity contribution in [3.63, 3.8) is 0 Å². The van der Waals surface area contributed by atoms with Crippen molar-refractivity contribution < 1.29 is 22.9 Å². The summed E-state index contributed by atoms with van der Waals surface area (Å²) in [6.45, 7) is 8.64. The van der Waals surface area contributed by atoms with Gasteiger partial charge in [-0.3, -0.25) is 4.79 Å². The van der Waals surface area contributed by atoms with Crippen LogP contribution in [0.1, 0.15) is 52.9 Å². The molecule has 7 heteroatoms. The molecule has 6 nitrogen and oxygen atoms in total. The predicted octanol–water partition coefficient (Wildman–Crippen LogP) is 3.40. The monoisotopic (exact) mass is 353 g/mol. The van der Waals surface area contributed by atoms with Gasteiger partial charge in [0.05, 0.1) is 38.1 Å². The van der Waals surface area contributed by atoms with Crippen LogP contribution in [0.2, 0.25) is 0 Å². The average molecular weight is 354 g/mol. The van der Waals surface area contributed by atoms with Crippen LogP contribution in [0, 0.1) is 5.41 Å². The molecular weight excluding hydrogens is 316 g/mol. The largest absolute Gasteiger partial charge is 0.355 e. The number of hydrogen-bond donors (Lipinski definition) is 4. The molecule has 0 spiro atoms. The van der Waals surface area contributed by atoms with Gasteiger partial charge >= 0.3 is 0 Å². The van der Waals surface area contributed by atoms with E-state index in [-0.39, 0.29) is 17.1 Å². The number of amides is 1. The zero-order chi connectivity index (χ0) is 18.1. The van der Waals surface area contributed by atoms with Gasteiger partial charge in [-0.25, -0.2) is 0 Å². The van der Waals surface area contributed by atoms with E-state index < -0.39 is 10.9 Å². The molecule has 0 atom stereocenters. The van der Waals surface area contributed by atoms with Crippen LogP contribution < -0.4 is 5.32 Å². The number of carbonyl (C=O) groups is 1. The second kappa shape index (κ2) is 9.84. The summed E-state index contributed by atoms with van der Waals surface area (Å²) < 4.78 is 27.6. The highest BCUT2D eigenvalue weighted by Gasteiger charge is 2.24. The van der Waals surface area contributed by atoms with Gasteiger partial charge in [-0.2, -0.15) is 0 Å². The lowest BCUT2D eigenvalue weighted by atomic mass is 9.89. The minimum absolute atomic E-state index is 0.0691. The summed E-state index contributed by atoms with van der Waals surface area (Å²) in [4.78, 5) is 12.0. The maximum Gasteiger partial charge on any atom is 0.225 e. The van der Waals surface area contributed by atoms with Crippen molar-refractivity contribution in [2.24, 2.45) is 5.41 Å². The van der Waals surface area contributed by atoms with E-state index in [9.17, 15) is 4.79 Å². The lowest BCUT2D eigenvalue weighted by Gasteiger charge is -2.30. The summed E-state index contributed by atoms with van der Waals surface area (Å²) in [5.74, 6) is 0.188. The number of nitrogens with zero attached hydrogens (tertiary/aromatic N) is 1. The van der Waals surface area contributed by atoms with Gasteiger partial charge in [-0.1, -0.05) is 20.8 Å². The predicted molar refractivity (Wildman–Crippen MR) is 97.7 cm³/mol. The van der Waals surface area contributed by atoms with Crippen molar-refractivity contribution in [1.82, 2.24) is 5.32 Å². The second-order valence-corrected chi connectivity index (χ2v) is 9.30. The Morgan fingerprint density at radius 2 is 1.61 bits per heavy atom. The number of hydrogen-bond acceptors (Lipinski definition) is 4. The molecule has 0 saturated carbocycles. The zero-order valence-electron chi connectivity index (χ0n) is 15.5. The summed E-state index contributed by atoms with van der Waals surface area (Å²) in [5, 5.41) is 3.01. The standard InChI is InChI=1S/C16H36N2O4S/c1-6-16(2,3)15(19)17-11-10-13-18(4,5)12-8-7-9-14-23(20,21)22/h6-14H2,1-5H3,(H3-,17,19,20,21,22)/p+1. The van der Waals surface area contributed by atoms with Crippen molar-refractivity contribution in [3.8, 4) is 0 Å². The minimum Gasteiger partial charge on any atom is -0.355 e. The summed E-state index contributed by atoms with van der Waals surface area (Å²) in [6.07, 6.45) is 4.26. The third-order valence-corrected chi connectivity index (χ3v) is 5.24. The van der Waals surface area contributed by atoms with Gasteiger partial charge in [0, 0.05) is 24.1 Å². The molecule has 0 saturated heterocycles. The van der Waals surface area contributed by atoms with E-state index >= 15 is 0 Å². The Labute approximate surface area is 143 Å². The Bertz CT molecular complexity index is 354. The Kier molecular flexibility index (Phi) is 9.69. The molecule has 0 aromatic rings. The molecule has 0 aromatic heterocycles. The van der Waals surface area contributed by atoms with E-state index in [1.807, 2.05) is 20.8 Å². The van der Waals surface area contributed by atoms with Crippen LogP contribution in [0.15, 0.2) is 0 Å². The first-order valence-electron chi connectivity index (χ1n) is 8.48. The molecule has 0 aliphatic heterocycles. The van der Waals surface area contributed by atoms with Crippen LogP contribution in [0.5, 0.6) is 0 Å². The Hall–Kier alpha value is -0.340. The minimum atomic E-state index is -3.33. The molecule has 0 unspecified atom stereocenters. The third kappa shape index (κ3) is 11.8. The molecule has 0 aliphatic carbocycles. The first-order valence-corrected chi connectivity index (χ1v) is 10.2. The number of quaternary nitrogens is 1. The van der Waals surface area contributed by atoms with E-state index in [4.69, 9.17) is 13.7 Å². The first kappa shape index (κ1) is 22.7. The van der Waals surface area contributed by atoms with Crippen LogP contribution in [0.25, 0.3) is 0 Å². The molecule has 0 aromatic carbocycles. The number of nitrogens with one attached hydrogen (secondary N) is 1. The summed E-state index contributed by atoms with van der Waals surface area (Å²) in [7, 11) is 1.00. The SMILES string of the molecule is CCC(C)(C)C(=O)NCCC[N+](C)(C)CCCCCS(O)(O)O. The normalized spacial score (nSPS) is 13.9. The molecule has 0 rings (SSSR count). The van der Waals surface area contributed by atoms with Crippen LogP contribution in [0.4, 0.5) is 0 Å². The molecule has 1 amide bonds. The van der Waals surface area contributed by atoms with Gasteiger partial charge in [-0.15, -0.1) is 0 Å². The van der Waals surface area contributed by atoms with E-state index in [0.29, 0.717) is 13.0 Å². The van der Waals surface area contributed by atoms with Gasteiger partial charge in [0.15, 0.2) is 0 Å². The lowest BCUT2D eigenvalue weighted by Crippen LogP contribution is -2.43. The highest BCUT2D eigenvalue weighted by Crippen LogP contribution is 2.33. The van der Waals surface area contributed by atoms with Crippen molar-refractivity contribution >= 4 is 16.8 Å². The zero-order valence-corrected chi connectivity index (χ0v) is 16.3. The Morgan fingerprint density at radius 3 is 2.13 bits per heavy atom. The van der Waals surface area contributed by atoms with E-state index in [1.165, 1.54) is 0 Å². The fourth-order valence-electron chi connectivity index (χ4n) is 2.23. The quantitative estimate of drug-likeness (QED) is 0.320. The fourth-order valence-corrected chi connectivity index (χ4v) is 2.82. The lowest BCUT2D eigenvalue weighted by molar-refractivity contribution is -0.890. The van der Waals surface area contributed by atoms with Crippen LogP contribution in [-0.4, -0.2) is 63.5 Å². The van der Waals surface area contributed by atoms with Crippen LogP contribution in [-0.2, 0) is 4.79 Å². The summed E-state index contributed by atoms with van der Waals surface area (Å²) >= 11 is 0. The summed E-state index contributed by atoms with van der Waals surface area (Å²) in [6, 6.07) is 0. The van der Waals surface area contributed by atoms with Crippen molar-refractivity contribution in [3.05, 3.63) is 0 Å². The average Bonchev–Trinajstić information content (AvgIpc) is 2.41. The maximum absolute atomic E-state index is 12.0. The third-order valence-electron chi connectivity index (χ3n) is 4.41. The molecule has 0 heterocycles. The number of unbranched alkanes of at least 4 members (excludes halogenated alkanes) is 2. The van der Waals surface area contributed by atoms with Crippen molar-refractivity contribution in [2.75, 3.05) is 39.5 Å². The van der Waals surface area contributed by atoms with E-state index in [2.05, 4.69) is 19.4 Å². The molecule has 140 valence electrons. The number of rotatable bonds is 12. The number of carbonyl (C=O) groups excluding carboxylic acids is 1. The van der Waals surface area contributed by atoms with Crippen molar-refractivity contribution in [2.45, 2.75) is 52.9 Å². The van der Waals surface area contributed by atoms with Gasteiger partial charge in [0.1, 0.15) is 0 Å². The molecule has 0 radical (unpaired) electrons. The Morgan fingerprint density at radius 1 is 1.04 bits per heavy atom. The van der Waals surface area contributed by atoms with Gasteiger partial charge in [0.2, 0.25) is 5.91 Å². The van der Waals surface area contributed by atoms with E-state index in [1.54, 1.807) is 0 Å². The maximum atomic E-state index is 12.0.